The first-order chi connectivity index (χ1) is 19.0. The molecule has 2 aliphatic carbocycles. The second-order valence-electron chi connectivity index (χ2n) is 10.3. The number of anilines is 1. The molecule has 1 heterocycles. The number of methoxy groups -OCH3 is 1. The van der Waals surface area contributed by atoms with Gasteiger partial charge in [-0.2, -0.15) is 0 Å². The van der Waals surface area contributed by atoms with E-state index in [2.05, 4.69) is 4.74 Å². The zero-order valence-electron chi connectivity index (χ0n) is 21.6. The molecule has 2 amide bonds. The number of carbonyl (C=O) groups is 3. The monoisotopic (exact) mass is 564 g/mol. The van der Waals surface area contributed by atoms with E-state index in [0.717, 1.165) is 31.4 Å². The van der Waals surface area contributed by atoms with E-state index in [0.29, 0.717) is 24.1 Å². The second-order valence-corrected chi connectivity index (χ2v) is 10.3. The molecule has 5 rings (SSSR count). The maximum absolute atomic E-state index is 14.7. The first-order valence-corrected chi connectivity index (χ1v) is 13.1. The smallest absolute Gasteiger partial charge is 0.496 e. The number of nitrogens with zero attached hydrogens (tertiary/aromatic N) is 2. The fraction of sp³-hybridized carbons (Fsp3) is 0.464. The number of carboxylic acids is 1. The van der Waals surface area contributed by atoms with Crippen LogP contribution in [0.1, 0.15) is 66.9 Å². The molecule has 0 spiro atoms. The van der Waals surface area contributed by atoms with Gasteiger partial charge in [0.25, 0.3) is 5.91 Å². The van der Waals surface area contributed by atoms with Gasteiger partial charge < -0.3 is 24.4 Å². The van der Waals surface area contributed by atoms with Crippen molar-refractivity contribution in [3.63, 3.8) is 0 Å². The Morgan fingerprint density at radius 1 is 1.05 bits per heavy atom. The van der Waals surface area contributed by atoms with Crippen molar-refractivity contribution in [3.8, 4) is 11.5 Å². The Bertz CT molecular complexity index is 1330. The van der Waals surface area contributed by atoms with Crippen molar-refractivity contribution in [3.05, 3.63) is 53.3 Å². The van der Waals surface area contributed by atoms with Crippen LogP contribution in [0.5, 0.6) is 11.5 Å². The minimum Gasteiger partial charge on any atom is -0.496 e. The maximum Gasteiger partial charge on any atom is 0.573 e. The summed E-state index contributed by atoms with van der Waals surface area (Å²) in [5, 5.41) is 9.13. The molecule has 2 fully saturated rings. The van der Waals surface area contributed by atoms with Crippen LogP contribution in [0.2, 0.25) is 0 Å². The van der Waals surface area contributed by atoms with Gasteiger partial charge in [-0.25, -0.2) is 4.39 Å². The molecule has 1 N–H and O–H groups in total. The van der Waals surface area contributed by atoms with Crippen molar-refractivity contribution in [2.24, 2.45) is 5.92 Å². The predicted octanol–water partition coefficient (Wildman–Crippen LogP) is 5.46. The van der Waals surface area contributed by atoms with Gasteiger partial charge in [0.15, 0.2) is 0 Å². The molecule has 3 aliphatic rings. The summed E-state index contributed by atoms with van der Waals surface area (Å²) in [5.74, 6) is -3.39. The van der Waals surface area contributed by atoms with Gasteiger partial charge in [0.1, 0.15) is 17.3 Å². The van der Waals surface area contributed by atoms with Gasteiger partial charge in [-0.3, -0.25) is 14.4 Å². The number of halogens is 4. The van der Waals surface area contributed by atoms with Crippen LogP contribution >= 0.6 is 0 Å². The lowest BCUT2D eigenvalue weighted by atomic mass is 9.81. The Balaban J connectivity index is 1.56. The summed E-state index contributed by atoms with van der Waals surface area (Å²) in [7, 11) is 1.23. The van der Waals surface area contributed by atoms with Crippen LogP contribution in [0.4, 0.5) is 23.2 Å². The summed E-state index contributed by atoms with van der Waals surface area (Å²) in [5.41, 5.74) is 0.852. The van der Waals surface area contributed by atoms with Crippen molar-refractivity contribution in [2.75, 3.05) is 12.0 Å². The van der Waals surface area contributed by atoms with E-state index in [1.807, 2.05) is 0 Å². The molecule has 214 valence electrons. The first kappa shape index (κ1) is 27.7. The molecule has 2 aromatic carbocycles. The van der Waals surface area contributed by atoms with Gasteiger partial charge in [-0.1, -0.05) is 6.42 Å². The van der Waals surface area contributed by atoms with Crippen molar-refractivity contribution in [1.82, 2.24) is 4.90 Å². The zero-order valence-corrected chi connectivity index (χ0v) is 21.6. The highest BCUT2D eigenvalue weighted by atomic mass is 19.4. The fourth-order valence-electron chi connectivity index (χ4n) is 6.12. The maximum atomic E-state index is 14.7. The molecular weight excluding hydrogens is 536 g/mol. The van der Waals surface area contributed by atoms with E-state index < -0.39 is 35.8 Å². The first-order valence-electron chi connectivity index (χ1n) is 13.1. The third kappa shape index (κ3) is 5.44. The second kappa shape index (κ2) is 10.6. The van der Waals surface area contributed by atoms with Crippen molar-refractivity contribution >= 4 is 23.5 Å². The van der Waals surface area contributed by atoms with Crippen LogP contribution in [-0.4, -0.2) is 53.3 Å². The predicted molar refractivity (Wildman–Crippen MR) is 133 cm³/mol. The summed E-state index contributed by atoms with van der Waals surface area (Å²) in [4.78, 5) is 41.8. The standard InChI is InChI=1S/C28H28F4N2O6/c1-39-23-14-17(40-28(30,31)32)8-9-19(23)27(38)34-21-4-2-3-18(21)26(20-13-15(29)5-10-22(20)34)33(16-6-7-16)24(35)11-12-25(36)37/h5,8-10,13-14,16,18,21,26H,2-4,6-7,11-12H2,1H3,(H,36,37). The Morgan fingerprint density at radius 3 is 2.45 bits per heavy atom. The molecule has 2 saturated carbocycles. The van der Waals surface area contributed by atoms with Gasteiger partial charge >= 0.3 is 12.3 Å². The Morgan fingerprint density at radius 2 is 1.80 bits per heavy atom. The number of carbonyl (C=O) groups excluding carboxylic acids is 2. The van der Waals surface area contributed by atoms with E-state index in [1.54, 1.807) is 4.90 Å². The molecule has 3 atom stereocenters. The molecule has 1 aliphatic heterocycles. The Hall–Kier alpha value is -3.83. The third-order valence-corrected chi connectivity index (χ3v) is 7.77. The third-order valence-electron chi connectivity index (χ3n) is 7.77. The zero-order chi connectivity index (χ0) is 28.8. The molecule has 0 radical (unpaired) electrons. The van der Waals surface area contributed by atoms with Crippen LogP contribution in [-0.2, 0) is 9.59 Å². The number of ether oxygens (including phenoxy) is 2. The van der Waals surface area contributed by atoms with Gasteiger partial charge in [0.2, 0.25) is 5.91 Å². The van der Waals surface area contributed by atoms with E-state index in [1.165, 1.54) is 36.3 Å². The number of amides is 2. The SMILES string of the molecule is COc1cc(OC(F)(F)F)ccc1C(=O)N1c2ccc(F)cc2C(N(C(=O)CCC(=O)O)C2CC2)C2CCCC21. The number of hydrogen-bond donors (Lipinski definition) is 1. The molecule has 0 bridgehead atoms. The number of carboxylic acid groups (broad SMARTS) is 1. The number of alkyl halides is 3. The average molecular weight is 565 g/mol. The summed E-state index contributed by atoms with van der Waals surface area (Å²) in [6.45, 7) is 0. The van der Waals surface area contributed by atoms with Gasteiger partial charge in [0.05, 0.1) is 25.1 Å². The molecular formula is C28H28F4N2O6. The Kier molecular flexibility index (Phi) is 7.36. The van der Waals surface area contributed by atoms with Crippen LogP contribution in [0, 0.1) is 11.7 Å². The van der Waals surface area contributed by atoms with Crippen molar-refractivity contribution < 1.29 is 46.5 Å². The van der Waals surface area contributed by atoms with E-state index >= 15 is 0 Å². The number of fused-ring (bicyclic) bond motifs is 2. The van der Waals surface area contributed by atoms with Crippen LogP contribution in [0.3, 0.4) is 0 Å². The van der Waals surface area contributed by atoms with E-state index in [9.17, 15) is 31.9 Å². The van der Waals surface area contributed by atoms with Crippen LogP contribution in [0.15, 0.2) is 36.4 Å². The molecule has 3 unspecified atom stereocenters. The minimum atomic E-state index is -4.92. The van der Waals surface area contributed by atoms with Crippen LogP contribution in [0.25, 0.3) is 0 Å². The lowest BCUT2D eigenvalue weighted by molar-refractivity contribution is -0.274. The minimum absolute atomic E-state index is 0.00739. The number of hydrogen-bond acceptors (Lipinski definition) is 5. The summed E-state index contributed by atoms with van der Waals surface area (Å²) >= 11 is 0. The van der Waals surface area contributed by atoms with Crippen molar-refractivity contribution in [1.29, 1.82) is 0 Å². The summed E-state index contributed by atoms with van der Waals surface area (Å²) in [6.07, 6.45) is -1.93. The highest BCUT2D eigenvalue weighted by Crippen LogP contribution is 2.53. The van der Waals surface area contributed by atoms with Gasteiger partial charge in [0, 0.05) is 41.7 Å². The molecule has 0 saturated heterocycles. The van der Waals surface area contributed by atoms with E-state index in [-0.39, 0.29) is 48.1 Å². The summed E-state index contributed by atoms with van der Waals surface area (Å²) in [6, 6.07) is 6.22. The highest BCUT2D eigenvalue weighted by Gasteiger charge is 2.51. The molecule has 12 heteroatoms. The lowest BCUT2D eigenvalue weighted by Gasteiger charge is -2.48. The largest absolute Gasteiger partial charge is 0.573 e. The summed E-state index contributed by atoms with van der Waals surface area (Å²) < 4.78 is 62.2. The van der Waals surface area contributed by atoms with Gasteiger partial charge in [-0.15, -0.1) is 13.2 Å². The molecule has 2 aromatic rings. The lowest BCUT2D eigenvalue weighted by Crippen LogP contribution is -2.53. The van der Waals surface area contributed by atoms with Crippen LogP contribution < -0.4 is 14.4 Å². The molecule has 8 nitrogen and oxygen atoms in total. The molecule has 40 heavy (non-hydrogen) atoms. The number of rotatable bonds is 8. The Labute approximate surface area is 227 Å². The highest BCUT2D eigenvalue weighted by molar-refractivity contribution is 6.09. The number of benzene rings is 2. The topological polar surface area (TPSA) is 96.4 Å². The number of aliphatic carboxylic acids is 1. The quantitative estimate of drug-likeness (QED) is 0.428. The fourth-order valence-corrected chi connectivity index (χ4v) is 6.12. The average Bonchev–Trinajstić information content (AvgIpc) is 3.61. The normalized spacial score (nSPS) is 21.8. The van der Waals surface area contributed by atoms with Gasteiger partial charge in [-0.05, 0) is 56.0 Å². The molecule has 0 aromatic heterocycles. The van der Waals surface area contributed by atoms with E-state index in [4.69, 9.17) is 9.84 Å². The van der Waals surface area contributed by atoms with Crippen molar-refractivity contribution in [2.45, 2.75) is 69.4 Å².